The smallest absolute Gasteiger partial charge is 0.257 e. The zero-order valence-electron chi connectivity index (χ0n) is 14.2. The lowest BCUT2D eigenvalue weighted by Crippen LogP contribution is -2.49. The molecule has 4 heterocycles. The first-order valence-corrected chi connectivity index (χ1v) is 9.87. The molecule has 0 radical (unpaired) electrons. The van der Waals surface area contributed by atoms with Gasteiger partial charge in [0.05, 0.1) is 5.56 Å². The molecule has 2 saturated heterocycles. The molecular weight excluding hydrogens is 334 g/mol. The summed E-state index contributed by atoms with van der Waals surface area (Å²) in [6.45, 7) is 0. The summed E-state index contributed by atoms with van der Waals surface area (Å²) in [4.78, 5) is 23.6. The molecule has 130 valence electrons. The first kappa shape index (κ1) is 16.4. The Bertz CT molecular complexity index is 741. The number of amides is 1. The van der Waals surface area contributed by atoms with Gasteiger partial charge in [-0.25, -0.2) is 4.98 Å². The average Bonchev–Trinajstić information content (AvgIpc) is 2.92. The van der Waals surface area contributed by atoms with Crippen LogP contribution < -0.4 is 4.74 Å². The molecule has 25 heavy (non-hydrogen) atoms. The van der Waals surface area contributed by atoms with Crippen molar-refractivity contribution in [2.75, 3.05) is 6.26 Å². The number of thioether (sulfide) groups is 1. The van der Waals surface area contributed by atoms with Crippen molar-refractivity contribution < 1.29 is 9.53 Å². The molecule has 0 aromatic carbocycles. The number of hydrogen-bond acceptors (Lipinski definition) is 5. The van der Waals surface area contributed by atoms with E-state index in [4.69, 9.17) is 4.74 Å². The predicted molar refractivity (Wildman–Crippen MR) is 96.9 cm³/mol. The molecule has 2 aliphatic rings. The van der Waals surface area contributed by atoms with Crippen LogP contribution in [0.5, 0.6) is 5.75 Å². The highest BCUT2D eigenvalue weighted by Gasteiger charge is 2.44. The van der Waals surface area contributed by atoms with Gasteiger partial charge in [-0.2, -0.15) is 0 Å². The highest BCUT2D eigenvalue weighted by Crippen LogP contribution is 2.38. The number of nitrogens with zero attached hydrogens (tertiary/aromatic N) is 3. The van der Waals surface area contributed by atoms with Gasteiger partial charge in [-0.05, 0) is 43.4 Å². The number of carbonyl (C=O) groups is 1. The van der Waals surface area contributed by atoms with E-state index in [1.54, 1.807) is 18.6 Å². The van der Waals surface area contributed by atoms with Gasteiger partial charge in [-0.15, -0.1) is 11.8 Å². The lowest BCUT2D eigenvalue weighted by atomic mass is 9.98. The van der Waals surface area contributed by atoms with E-state index in [9.17, 15) is 4.79 Å². The van der Waals surface area contributed by atoms with Gasteiger partial charge >= 0.3 is 0 Å². The monoisotopic (exact) mass is 355 g/mol. The summed E-state index contributed by atoms with van der Waals surface area (Å²) < 4.78 is 6.12. The van der Waals surface area contributed by atoms with Crippen molar-refractivity contribution in [3.63, 3.8) is 0 Å². The molecule has 2 atom stereocenters. The Kier molecular flexibility index (Phi) is 4.61. The molecule has 0 saturated carbocycles. The van der Waals surface area contributed by atoms with Gasteiger partial charge in [0.1, 0.15) is 16.9 Å². The third-order valence-electron chi connectivity index (χ3n) is 5.07. The predicted octanol–water partition coefficient (Wildman–Crippen LogP) is 3.41. The molecule has 2 aromatic rings. The van der Waals surface area contributed by atoms with Gasteiger partial charge in [0.2, 0.25) is 0 Å². The van der Waals surface area contributed by atoms with Crippen molar-refractivity contribution in [2.45, 2.75) is 48.9 Å². The van der Waals surface area contributed by atoms with Crippen molar-refractivity contribution in [3.05, 3.63) is 48.4 Å². The van der Waals surface area contributed by atoms with E-state index in [1.165, 1.54) is 11.8 Å². The second kappa shape index (κ2) is 7.04. The minimum Gasteiger partial charge on any atom is -0.490 e. The normalized spacial score (nSPS) is 25.0. The number of ether oxygens (including phenoxy) is 1. The Balaban J connectivity index is 1.50. The summed E-state index contributed by atoms with van der Waals surface area (Å²) in [6.07, 6.45) is 11.2. The van der Waals surface area contributed by atoms with Crippen molar-refractivity contribution >= 4 is 17.7 Å². The molecule has 5 nitrogen and oxygen atoms in total. The third-order valence-corrected chi connectivity index (χ3v) is 5.78. The van der Waals surface area contributed by atoms with Gasteiger partial charge in [0.25, 0.3) is 5.91 Å². The molecule has 2 bridgehead atoms. The molecule has 2 unspecified atom stereocenters. The van der Waals surface area contributed by atoms with Crippen molar-refractivity contribution in [1.29, 1.82) is 0 Å². The van der Waals surface area contributed by atoms with Crippen LogP contribution in [0.1, 0.15) is 36.0 Å². The van der Waals surface area contributed by atoms with E-state index in [0.717, 1.165) is 42.0 Å². The van der Waals surface area contributed by atoms with Gasteiger partial charge in [0.15, 0.2) is 0 Å². The zero-order valence-corrected chi connectivity index (χ0v) is 15.0. The Hall–Kier alpha value is -2.08. The number of rotatable bonds is 4. The lowest BCUT2D eigenvalue weighted by Gasteiger charge is -2.39. The van der Waals surface area contributed by atoms with Crippen LogP contribution in [-0.2, 0) is 0 Å². The topological polar surface area (TPSA) is 55.3 Å². The maximum atomic E-state index is 13.1. The number of aromatic nitrogens is 2. The van der Waals surface area contributed by atoms with E-state index in [0.29, 0.717) is 0 Å². The lowest BCUT2D eigenvalue weighted by molar-refractivity contribution is 0.0355. The minimum atomic E-state index is 0.118. The van der Waals surface area contributed by atoms with E-state index in [2.05, 4.69) is 14.9 Å². The fourth-order valence-electron chi connectivity index (χ4n) is 4.02. The first-order chi connectivity index (χ1) is 12.3. The number of pyridine rings is 2. The van der Waals surface area contributed by atoms with Crippen molar-refractivity contribution in [1.82, 2.24) is 14.9 Å². The summed E-state index contributed by atoms with van der Waals surface area (Å²) in [5.41, 5.74) is 0.723. The SMILES string of the molecule is CSc1ncccc1C(=O)N1C2CCC1CC(Oc1ccncc1)C2. The molecule has 2 aliphatic heterocycles. The van der Waals surface area contributed by atoms with Gasteiger partial charge in [0, 0.05) is 43.5 Å². The molecular formula is C19H21N3O2S. The quantitative estimate of drug-likeness (QED) is 0.787. The summed E-state index contributed by atoms with van der Waals surface area (Å²) in [7, 11) is 0. The standard InChI is InChI=1S/C19H21N3O2S/c1-25-18-17(3-2-8-21-18)19(23)22-13-4-5-14(22)12-16(11-13)24-15-6-9-20-10-7-15/h2-3,6-10,13-14,16H,4-5,11-12H2,1H3. The van der Waals surface area contributed by atoms with Gasteiger partial charge in [-0.1, -0.05) is 0 Å². The molecule has 2 aromatic heterocycles. The highest BCUT2D eigenvalue weighted by molar-refractivity contribution is 7.98. The van der Waals surface area contributed by atoms with Crippen molar-refractivity contribution in [3.8, 4) is 5.75 Å². The molecule has 4 rings (SSSR count). The van der Waals surface area contributed by atoms with Crippen LogP contribution in [0.15, 0.2) is 47.9 Å². The fraction of sp³-hybridized carbons (Fsp3) is 0.421. The zero-order chi connectivity index (χ0) is 17.2. The Morgan fingerprint density at radius 1 is 1.16 bits per heavy atom. The molecule has 1 amide bonds. The second-order valence-electron chi connectivity index (χ2n) is 6.55. The Morgan fingerprint density at radius 2 is 1.88 bits per heavy atom. The fourth-order valence-corrected chi connectivity index (χ4v) is 4.56. The maximum Gasteiger partial charge on any atom is 0.257 e. The van der Waals surface area contributed by atoms with Crippen LogP contribution in [-0.4, -0.2) is 45.2 Å². The summed E-state index contributed by atoms with van der Waals surface area (Å²) in [6, 6.07) is 8.02. The van der Waals surface area contributed by atoms with Crippen LogP contribution in [0.3, 0.4) is 0 Å². The molecule has 2 fully saturated rings. The van der Waals surface area contributed by atoms with E-state index in [-0.39, 0.29) is 24.1 Å². The number of piperidine rings is 1. The molecule has 0 aliphatic carbocycles. The number of carbonyl (C=O) groups excluding carboxylic acids is 1. The second-order valence-corrected chi connectivity index (χ2v) is 7.35. The largest absolute Gasteiger partial charge is 0.490 e. The van der Waals surface area contributed by atoms with Crippen LogP contribution >= 0.6 is 11.8 Å². The maximum absolute atomic E-state index is 13.1. The molecule has 6 heteroatoms. The van der Waals surface area contributed by atoms with Crippen molar-refractivity contribution in [2.24, 2.45) is 0 Å². The van der Waals surface area contributed by atoms with E-state index in [1.807, 2.05) is 30.5 Å². The van der Waals surface area contributed by atoms with Gasteiger partial charge < -0.3 is 9.64 Å². The molecule has 0 N–H and O–H groups in total. The average molecular weight is 355 g/mol. The van der Waals surface area contributed by atoms with E-state index < -0.39 is 0 Å². The first-order valence-electron chi connectivity index (χ1n) is 8.64. The van der Waals surface area contributed by atoms with E-state index >= 15 is 0 Å². The van der Waals surface area contributed by atoms with Crippen LogP contribution in [0.4, 0.5) is 0 Å². The number of fused-ring (bicyclic) bond motifs is 2. The number of hydrogen-bond donors (Lipinski definition) is 0. The van der Waals surface area contributed by atoms with Crippen LogP contribution in [0.2, 0.25) is 0 Å². The third kappa shape index (κ3) is 3.23. The summed E-state index contributed by atoms with van der Waals surface area (Å²) in [5.74, 6) is 0.975. The summed E-state index contributed by atoms with van der Waals surface area (Å²) in [5, 5.41) is 0.807. The Morgan fingerprint density at radius 3 is 2.56 bits per heavy atom. The van der Waals surface area contributed by atoms with Gasteiger partial charge in [-0.3, -0.25) is 9.78 Å². The Labute approximate surface area is 151 Å². The highest BCUT2D eigenvalue weighted by atomic mass is 32.2. The van der Waals surface area contributed by atoms with Crippen LogP contribution in [0, 0.1) is 0 Å². The minimum absolute atomic E-state index is 0.118. The summed E-state index contributed by atoms with van der Waals surface area (Å²) >= 11 is 1.52. The van der Waals surface area contributed by atoms with Crippen LogP contribution in [0.25, 0.3) is 0 Å². The molecule has 0 spiro atoms.